The third-order valence-electron chi connectivity index (χ3n) is 6.24. The normalized spacial score (nSPS) is 21.8. The zero-order chi connectivity index (χ0) is 24.1. The minimum absolute atomic E-state index is 0.167. The molecule has 1 atom stereocenters. The van der Waals surface area contributed by atoms with Gasteiger partial charge in [0.15, 0.2) is 11.3 Å². The number of carbonyl (C=O) groups is 1. The van der Waals surface area contributed by atoms with Gasteiger partial charge in [-0.2, -0.15) is 0 Å². The zero-order valence-corrected chi connectivity index (χ0v) is 19.8. The van der Waals surface area contributed by atoms with Crippen LogP contribution in [0.15, 0.2) is 53.1 Å². The number of quaternary nitrogens is 1. The summed E-state index contributed by atoms with van der Waals surface area (Å²) in [5.74, 6) is -0.0943. The second-order valence-electron chi connectivity index (χ2n) is 8.26. The van der Waals surface area contributed by atoms with E-state index in [9.17, 15) is 9.18 Å². The molecule has 1 amide bonds. The Balaban J connectivity index is 2.31. The summed E-state index contributed by atoms with van der Waals surface area (Å²) >= 11 is 0. The molecule has 33 heavy (non-hydrogen) atoms. The Morgan fingerprint density at radius 1 is 1.36 bits per heavy atom. The number of likely N-dealkylation sites (N-methyl/N-ethyl adjacent to an activating group) is 2. The fraction of sp³-hybridized carbons (Fsp3) is 0.417. The molecule has 1 aromatic rings. The Labute approximate surface area is 194 Å². The molecule has 8 nitrogen and oxygen atoms in total. The molecular weight excluding hydrogens is 423 g/mol. The number of nitrogens with two attached hydrogens (primary N) is 3. The number of amides is 1. The molecule has 1 unspecified atom stereocenters. The second kappa shape index (κ2) is 10.5. The van der Waals surface area contributed by atoms with E-state index in [1.54, 1.807) is 38.4 Å². The first-order chi connectivity index (χ1) is 15.9. The largest absolute Gasteiger partial charge is 0.447 e. The molecule has 1 saturated heterocycles. The van der Waals surface area contributed by atoms with Gasteiger partial charge in [-0.15, -0.1) is 0 Å². The number of halogens is 1. The van der Waals surface area contributed by atoms with E-state index in [0.29, 0.717) is 28.3 Å². The molecule has 178 valence electrons. The van der Waals surface area contributed by atoms with Gasteiger partial charge in [0, 0.05) is 31.4 Å². The smallest absolute Gasteiger partial charge is 0.375 e. The maximum absolute atomic E-state index is 14.4. The average molecular weight is 459 g/mol. The van der Waals surface area contributed by atoms with E-state index >= 15 is 0 Å². The van der Waals surface area contributed by atoms with Gasteiger partial charge < -0.3 is 31.3 Å². The number of piperidine rings is 1. The monoisotopic (exact) mass is 458 g/mol. The highest BCUT2D eigenvalue weighted by Crippen LogP contribution is 2.37. The number of allylic oxidation sites excluding steroid dienone is 1. The van der Waals surface area contributed by atoms with E-state index in [2.05, 4.69) is 9.89 Å². The Hall–Kier alpha value is -3.33. The zero-order valence-electron chi connectivity index (χ0n) is 19.8. The number of nitrogens with zero attached hydrogens (tertiary/aromatic N) is 2. The average Bonchev–Trinajstić information content (AvgIpc) is 2.82. The molecule has 2 heterocycles. The molecule has 1 aromatic carbocycles. The molecular formula is C24H35FN6O2+2. The Kier molecular flexibility index (Phi) is 7.75. The number of rotatable bonds is 2. The lowest BCUT2D eigenvalue weighted by atomic mass is 9.90. The Bertz CT molecular complexity index is 1030. The van der Waals surface area contributed by atoms with Crippen LogP contribution in [0.1, 0.15) is 41.2 Å². The fourth-order valence-corrected chi connectivity index (χ4v) is 4.66. The lowest BCUT2D eigenvalue weighted by Gasteiger charge is -2.39. The lowest BCUT2D eigenvalue weighted by molar-refractivity contribution is -0.572. The van der Waals surface area contributed by atoms with Crippen LogP contribution in [0, 0.1) is 5.82 Å². The molecule has 2 aliphatic rings. The van der Waals surface area contributed by atoms with Crippen molar-refractivity contribution in [2.24, 2.45) is 11.5 Å². The third-order valence-corrected chi connectivity index (χ3v) is 6.24. The quantitative estimate of drug-likeness (QED) is 0.345. The fourth-order valence-electron chi connectivity index (χ4n) is 4.66. The molecule has 0 bridgehead atoms. The van der Waals surface area contributed by atoms with Crippen molar-refractivity contribution in [2.45, 2.75) is 25.3 Å². The molecule has 0 aliphatic carbocycles. The highest BCUT2D eigenvalue weighted by Gasteiger charge is 2.33. The molecule has 3 rings (SSSR count). The van der Waals surface area contributed by atoms with Crippen LogP contribution < -0.4 is 21.8 Å². The van der Waals surface area contributed by atoms with Crippen molar-refractivity contribution in [3.8, 4) is 0 Å². The summed E-state index contributed by atoms with van der Waals surface area (Å²) in [6.45, 7) is 0.906. The number of hydrogen-bond acceptors (Lipinski definition) is 5. The summed E-state index contributed by atoms with van der Waals surface area (Å²) in [6, 6.07) is 4.19. The molecule has 7 N–H and O–H groups in total. The van der Waals surface area contributed by atoms with Gasteiger partial charge in [-0.25, -0.2) is 9.38 Å². The summed E-state index contributed by atoms with van der Waals surface area (Å²) in [7, 11) is 6.92. The van der Waals surface area contributed by atoms with Gasteiger partial charge in [0.2, 0.25) is 0 Å². The number of benzene rings is 1. The molecule has 2 aliphatic heterocycles. The van der Waals surface area contributed by atoms with E-state index in [-0.39, 0.29) is 24.3 Å². The molecule has 0 saturated carbocycles. The third kappa shape index (κ3) is 4.88. The number of hydrogen-bond donors (Lipinski definition) is 4. The van der Waals surface area contributed by atoms with Crippen molar-refractivity contribution in [3.05, 3.63) is 70.1 Å². The molecule has 0 radical (unpaired) electrons. The standard InChI is InChI=1S/C24H33FN6O2/c1-28-20-12-16(13-26)31-10-6-5-7-21(31)18-11-15(25)8-9-17(18)24(32)30(3)14-19(27)22(20)23(29-2)33-4/h8-9,11-13,21,28H,5-7,10,14,26-27H2,1-4H3/p+2. The van der Waals surface area contributed by atoms with Crippen LogP contribution in [-0.2, 0) is 4.74 Å². The van der Waals surface area contributed by atoms with Crippen LogP contribution in [-0.4, -0.2) is 62.9 Å². The summed E-state index contributed by atoms with van der Waals surface area (Å²) < 4.78 is 19.9. The Morgan fingerprint density at radius 3 is 2.76 bits per heavy atom. The number of carbonyl (C=O) groups excluding carboxylic acids is 1. The minimum atomic E-state index is -0.367. The van der Waals surface area contributed by atoms with Gasteiger partial charge in [0.05, 0.1) is 38.1 Å². The molecule has 0 aromatic heterocycles. The number of ether oxygens (including phenoxy) is 1. The first kappa shape index (κ1) is 24.3. The Morgan fingerprint density at radius 2 is 2.12 bits per heavy atom. The summed E-state index contributed by atoms with van der Waals surface area (Å²) in [6.07, 6.45) is 6.27. The van der Waals surface area contributed by atoms with Gasteiger partial charge in [-0.05, 0) is 43.0 Å². The van der Waals surface area contributed by atoms with Crippen molar-refractivity contribution in [2.75, 3.05) is 41.3 Å². The van der Waals surface area contributed by atoms with Crippen molar-refractivity contribution in [1.29, 1.82) is 0 Å². The summed E-state index contributed by atoms with van der Waals surface area (Å²) in [4.78, 5) is 20.2. The van der Waals surface area contributed by atoms with Crippen LogP contribution in [0.5, 0.6) is 0 Å². The highest BCUT2D eigenvalue weighted by molar-refractivity contribution is 5.97. The molecule has 9 heteroatoms. The maximum Gasteiger partial charge on any atom is 0.375 e. The first-order valence-corrected chi connectivity index (χ1v) is 11.2. The van der Waals surface area contributed by atoms with Gasteiger partial charge in [0.1, 0.15) is 12.9 Å². The van der Waals surface area contributed by atoms with Crippen molar-refractivity contribution >= 4 is 11.8 Å². The van der Waals surface area contributed by atoms with Crippen molar-refractivity contribution in [1.82, 2.24) is 9.80 Å². The van der Waals surface area contributed by atoms with Crippen LogP contribution in [0.25, 0.3) is 0 Å². The number of fused-ring (bicyclic) bond motifs is 3. The van der Waals surface area contributed by atoms with E-state index < -0.39 is 0 Å². The van der Waals surface area contributed by atoms with Crippen LogP contribution in [0.2, 0.25) is 0 Å². The van der Waals surface area contributed by atoms with Gasteiger partial charge >= 0.3 is 5.90 Å². The van der Waals surface area contributed by atoms with Gasteiger partial charge in [-0.3, -0.25) is 4.79 Å². The predicted octanol–water partition coefficient (Wildman–Crippen LogP) is -0.716. The van der Waals surface area contributed by atoms with Crippen LogP contribution in [0.4, 0.5) is 4.39 Å². The maximum atomic E-state index is 14.4. The van der Waals surface area contributed by atoms with Crippen LogP contribution in [0.3, 0.4) is 0 Å². The van der Waals surface area contributed by atoms with Crippen LogP contribution >= 0.6 is 0 Å². The molecule has 0 spiro atoms. The minimum Gasteiger partial charge on any atom is -0.447 e. The van der Waals surface area contributed by atoms with Gasteiger partial charge in [0.25, 0.3) is 5.91 Å². The molecule has 1 fully saturated rings. The number of nitrogens with one attached hydrogen (secondary N) is 1. The van der Waals surface area contributed by atoms with Gasteiger partial charge in [-0.1, -0.05) is 0 Å². The van der Waals surface area contributed by atoms with E-state index in [1.165, 1.54) is 12.1 Å². The lowest BCUT2D eigenvalue weighted by Crippen LogP contribution is -2.80. The number of methoxy groups -OCH3 is 1. The topological polar surface area (TPSA) is 115 Å². The summed E-state index contributed by atoms with van der Waals surface area (Å²) in [5.41, 5.74) is 16.5. The van der Waals surface area contributed by atoms with E-state index in [4.69, 9.17) is 16.2 Å². The van der Waals surface area contributed by atoms with Crippen molar-refractivity contribution < 1.29 is 24.2 Å². The second-order valence-corrected chi connectivity index (χ2v) is 8.26. The first-order valence-electron chi connectivity index (χ1n) is 11.2. The highest BCUT2D eigenvalue weighted by atomic mass is 19.1. The van der Waals surface area contributed by atoms with Crippen molar-refractivity contribution in [3.63, 3.8) is 0 Å². The SMILES string of the molecule is C[NH+]=C(OC)C1=C(N)CN(C)C(=O)c2ccc(F)cc2C2CCCCN2C(=CN)C=C1[NH2+]C. The van der Waals surface area contributed by atoms with E-state index in [1.807, 2.05) is 18.4 Å². The summed E-state index contributed by atoms with van der Waals surface area (Å²) in [5, 5.41) is 1.93. The van der Waals surface area contributed by atoms with E-state index in [0.717, 1.165) is 37.2 Å². The predicted molar refractivity (Wildman–Crippen MR) is 125 cm³/mol.